The van der Waals surface area contributed by atoms with Crippen molar-refractivity contribution in [1.82, 2.24) is 4.72 Å². The first kappa shape index (κ1) is 11.6. The average Bonchev–Trinajstić information content (AvgIpc) is 2.35. The number of amides is 1. The predicted octanol–water partition coefficient (Wildman–Crippen LogP) is 2.51. The van der Waals surface area contributed by atoms with Crippen molar-refractivity contribution in [2.75, 3.05) is 12.5 Å². The van der Waals surface area contributed by atoms with Gasteiger partial charge in [-0.2, -0.15) is 0 Å². The summed E-state index contributed by atoms with van der Waals surface area (Å²) >= 11 is 6.83. The third kappa shape index (κ3) is 2.62. The molecule has 0 fully saturated rings. The van der Waals surface area contributed by atoms with Crippen molar-refractivity contribution >= 4 is 29.5 Å². The molecule has 5 heteroatoms. The lowest BCUT2D eigenvalue weighted by Crippen LogP contribution is -2.21. The number of carbonyl (C=O) groups excluding carboxylic acids is 1. The summed E-state index contributed by atoms with van der Waals surface area (Å²) in [5.41, 5.74) is 1.13. The van der Waals surface area contributed by atoms with Gasteiger partial charge >= 0.3 is 0 Å². The van der Waals surface area contributed by atoms with Gasteiger partial charge in [0, 0.05) is 5.56 Å². The van der Waals surface area contributed by atoms with Gasteiger partial charge in [-0.25, -0.2) is 0 Å². The summed E-state index contributed by atoms with van der Waals surface area (Å²) in [7, 11) is 0. The summed E-state index contributed by atoms with van der Waals surface area (Å²) in [5.74, 6) is 0.750. The van der Waals surface area contributed by atoms with E-state index in [1.54, 1.807) is 0 Å². The maximum absolute atomic E-state index is 11.1. The number of para-hydroxylation sites is 1. The minimum Gasteiger partial charge on any atom is -0.493 e. The van der Waals surface area contributed by atoms with Crippen molar-refractivity contribution in [3.05, 3.63) is 29.8 Å². The number of benzene rings is 1. The van der Waals surface area contributed by atoms with E-state index in [4.69, 9.17) is 16.3 Å². The molecular weight excluding hydrogens is 246 g/mol. The Morgan fingerprint density at radius 2 is 2.38 bits per heavy atom. The van der Waals surface area contributed by atoms with Gasteiger partial charge in [0.05, 0.1) is 11.9 Å². The van der Waals surface area contributed by atoms with Crippen LogP contribution in [0.1, 0.15) is 17.2 Å². The second-order valence-corrected chi connectivity index (χ2v) is 4.72. The summed E-state index contributed by atoms with van der Waals surface area (Å²) in [6.07, 6.45) is 0.893. The molecular formula is C11H12ClNO2S. The lowest BCUT2D eigenvalue weighted by molar-refractivity contribution is -0.116. The van der Waals surface area contributed by atoms with E-state index in [2.05, 4.69) is 4.72 Å². The molecule has 0 aliphatic carbocycles. The molecule has 2 rings (SSSR count). The number of carbonyl (C=O) groups is 1. The van der Waals surface area contributed by atoms with E-state index in [0.29, 0.717) is 6.61 Å². The second-order valence-electron chi connectivity index (χ2n) is 3.44. The van der Waals surface area contributed by atoms with E-state index < -0.39 is 0 Å². The Kier molecular flexibility index (Phi) is 3.96. The first-order chi connectivity index (χ1) is 7.81. The molecule has 1 aromatic rings. The van der Waals surface area contributed by atoms with Crippen molar-refractivity contribution in [3.8, 4) is 5.75 Å². The number of hydrogen-bond donors (Lipinski definition) is 1. The van der Waals surface area contributed by atoms with E-state index in [1.807, 2.05) is 24.3 Å². The zero-order chi connectivity index (χ0) is 11.4. The van der Waals surface area contributed by atoms with Crippen molar-refractivity contribution in [1.29, 1.82) is 0 Å². The highest BCUT2D eigenvalue weighted by molar-refractivity contribution is 7.98. The topological polar surface area (TPSA) is 38.3 Å². The maximum Gasteiger partial charge on any atom is 0.244 e. The van der Waals surface area contributed by atoms with Crippen LogP contribution in [0.15, 0.2) is 24.3 Å². The van der Waals surface area contributed by atoms with Crippen LogP contribution in [0.4, 0.5) is 0 Å². The van der Waals surface area contributed by atoms with Gasteiger partial charge in [0.15, 0.2) is 0 Å². The number of halogens is 1. The quantitative estimate of drug-likeness (QED) is 0.668. The van der Waals surface area contributed by atoms with Gasteiger partial charge in [0.25, 0.3) is 0 Å². The molecule has 1 amide bonds. The maximum atomic E-state index is 11.1. The molecule has 0 radical (unpaired) electrons. The number of alkyl halides is 1. The van der Waals surface area contributed by atoms with E-state index in [9.17, 15) is 4.79 Å². The zero-order valence-electron chi connectivity index (χ0n) is 8.61. The van der Waals surface area contributed by atoms with Crippen LogP contribution in [0.5, 0.6) is 5.75 Å². The first-order valence-corrected chi connectivity index (χ1v) is 6.45. The summed E-state index contributed by atoms with van der Waals surface area (Å²) in [6, 6.07) is 7.90. The molecule has 1 unspecified atom stereocenters. The number of nitrogens with one attached hydrogen (secondary N) is 1. The standard InChI is InChI=1S/C11H12ClNO2S/c12-7-11(14)13-16-10-5-6-15-9-4-2-1-3-8(9)10/h1-4,10H,5-7H2,(H,13,14). The van der Waals surface area contributed by atoms with Gasteiger partial charge in [-0.15, -0.1) is 11.6 Å². The van der Waals surface area contributed by atoms with E-state index in [0.717, 1.165) is 17.7 Å². The third-order valence-corrected chi connectivity index (χ3v) is 3.70. The summed E-state index contributed by atoms with van der Waals surface area (Å²) in [5, 5.41) is 0.247. The van der Waals surface area contributed by atoms with Crippen LogP contribution in [0.25, 0.3) is 0 Å². The molecule has 0 saturated carbocycles. The van der Waals surface area contributed by atoms with Gasteiger partial charge in [-0.3, -0.25) is 9.52 Å². The second kappa shape index (κ2) is 5.46. The smallest absolute Gasteiger partial charge is 0.244 e. The molecule has 3 nitrogen and oxygen atoms in total. The fraction of sp³-hybridized carbons (Fsp3) is 0.364. The van der Waals surface area contributed by atoms with Gasteiger partial charge in [0.2, 0.25) is 5.91 Å². The first-order valence-electron chi connectivity index (χ1n) is 5.03. The minimum absolute atomic E-state index is 0.00212. The zero-order valence-corrected chi connectivity index (χ0v) is 10.2. The van der Waals surface area contributed by atoms with Crippen molar-refractivity contribution in [3.63, 3.8) is 0 Å². The number of ether oxygens (including phenoxy) is 1. The van der Waals surface area contributed by atoms with Crippen LogP contribution < -0.4 is 9.46 Å². The highest BCUT2D eigenvalue weighted by Gasteiger charge is 2.22. The Bertz CT molecular complexity index is 386. The molecule has 1 aromatic carbocycles. The van der Waals surface area contributed by atoms with Crippen LogP contribution in [-0.2, 0) is 4.79 Å². The van der Waals surface area contributed by atoms with Crippen LogP contribution in [-0.4, -0.2) is 18.4 Å². The number of hydrogen-bond acceptors (Lipinski definition) is 3. The third-order valence-electron chi connectivity index (χ3n) is 2.34. The molecule has 1 atom stereocenters. The van der Waals surface area contributed by atoms with Gasteiger partial charge in [0.1, 0.15) is 11.6 Å². The molecule has 1 heterocycles. The van der Waals surface area contributed by atoms with Gasteiger partial charge in [-0.05, 0) is 24.4 Å². The fourth-order valence-electron chi connectivity index (χ4n) is 1.60. The normalized spacial score (nSPS) is 18.4. The molecule has 1 aliphatic heterocycles. The van der Waals surface area contributed by atoms with Crippen LogP contribution in [0, 0.1) is 0 Å². The van der Waals surface area contributed by atoms with Crippen molar-refractivity contribution in [2.45, 2.75) is 11.7 Å². The Morgan fingerprint density at radius 3 is 3.19 bits per heavy atom. The molecule has 86 valence electrons. The molecule has 16 heavy (non-hydrogen) atoms. The van der Waals surface area contributed by atoms with Crippen LogP contribution in [0.2, 0.25) is 0 Å². The SMILES string of the molecule is O=C(CCl)NSC1CCOc2ccccc21. The van der Waals surface area contributed by atoms with Crippen LogP contribution >= 0.6 is 23.5 Å². The highest BCUT2D eigenvalue weighted by atomic mass is 35.5. The highest BCUT2D eigenvalue weighted by Crippen LogP contribution is 2.39. The van der Waals surface area contributed by atoms with E-state index in [1.165, 1.54) is 11.9 Å². The number of rotatable bonds is 3. The summed E-state index contributed by atoms with van der Waals surface area (Å²) in [4.78, 5) is 11.1. The average molecular weight is 258 g/mol. The van der Waals surface area contributed by atoms with Gasteiger partial charge < -0.3 is 4.74 Å². The Hall–Kier alpha value is -0.870. The monoisotopic (exact) mass is 257 g/mol. The lowest BCUT2D eigenvalue weighted by atomic mass is 10.1. The Balaban J connectivity index is 2.04. The van der Waals surface area contributed by atoms with Crippen LogP contribution in [0.3, 0.4) is 0 Å². The predicted molar refractivity (Wildman–Crippen MR) is 65.7 cm³/mol. The van der Waals surface area contributed by atoms with Crippen molar-refractivity contribution in [2.24, 2.45) is 0 Å². The van der Waals surface area contributed by atoms with Gasteiger partial charge in [-0.1, -0.05) is 18.2 Å². The van der Waals surface area contributed by atoms with E-state index in [-0.39, 0.29) is 17.0 Å². The van der Waals surface area contributed by atoms with Crippen molar-refractivity contribution < 1.29 is 9.53 Å². The molecule has 1 aliphatic rings. The summed E-state index contributed by atoms with van der Waals surface area (Å²) in [6.45, 7) is 0.686. The molecule has 0 bridgehead atoms. The minimum atomic E-state index is -0.157. The Labute approximate surface area is 104 Å². The largest absolute Gasteiger partial charge is 0.493 e. The number of fused-ring (bicyclic) bond motifs is 1. The molecule has 0 spiro atoms. The molecule has 1 N–H and O–H groups in total. The van der Waals surface area contributed by atoms with E-state index >= 15 is 0 Å². The molecule has 0 saturated heterocycles. The summed E-state index contributed by atoms with van der Waals surface area (Å²) < 4.78 is 8.27. The Morgan fingerprint density at radius 1 is 1.56 bits per heavy atom. The lowest BCUT2D eigenvalue weighted by Gasteiger charge is -2.24. The fourth-order valence-corrected chi connectivity index (χ4v) is 2.62. The molecule has 0 aromatic heterocycles.